The monoisotopic (exact) mass is 326 g/mol. The standard InChI is InChI=1S/C17H19FN6/c1-22(2)15-6-7-16(21-20-15)23-8-10-24(11-9-23)17-13(12-19)4-3-5-14(17)18/h3-7H,8-11H2,1-2H3. The van der Waals surface area contributed by atoms with Crippen LogP contribution in [0.5, 0.6) is 0 Å². The number of piperazine rings is 1. The molecule has 2 aromatic rings. The van der Waals surface area contributed by atoms with E-state index in [-0.39, 0.29) is 5.82 Å². The fourth-order valence-electron chi connectivity index (χ4n) is 2.81. The summed E-state index contributed by atoms with van der Waals surface area (Å²) in [5, 5.41) is 17.6. The summed E-state index contributed by atoms with van der Waals surface area (Å²) >= 11 is 0. The minimum atomic E-state index is -0.349. The molecule has 0 saturated carbocycles. The zero-order valence-corrected chi connectivity index (χ0v) is 13.8. The highest BCUT2D eigenvalue weighted by molar-refractivity contribution is 5.61. The van der Waals surface area contributed by atoms with Gasteiger partial charge in [0.25, 0.3) is 0 Å². The van der Waals surface area contributed by atoms with Gasteiger partial charge in [0.2, 0.25) is 0 Å². The topological polar surface area (TPSA) is 59.3 Å². The van der Waals surface area contributed by atoms with Crippen molar-refractivity contribution in [1.82, 2.24) is 10.2 Å². The fraction of sp³-hybridized carbons (Fsp3) is 0.353. The van der Waals surface area contributed by atoms with Gasteiger partial charge in [-0.25, -0.2) is 4.39 Å². The van der Waals surface area contributed by atoms with Gasteiger partial charge in [0.1, 0.15) is 11.9 Å². The number of nitrogens with zero attached hydrogens (tertiary/aromatic N) is 6. The molecule has 0 atom stereocenters. The Bertz CT molecular complexity index is 745. The van der Waals surface area contributed by atoms with Crippen LogP contribution in [-0.2, 0) is 0 Å². The molecule has 0 N–H and O–H groups in total. The summed E-state index contributed by atoms with van der Waals surface area (Å²) in [5.74, 6) is 1.27. The molecule has 1 aromatic heterocycles. The quantitative estimate of drug-likeness (QED) is 0.858. The van der Waals surface area contributed by atoms with E-state index in [1.807, 2.05) is 36.0 Å². The van der Waals surface area contributed by atoms with E-state index in [0.29, 0.717) is 37.4 Å². The first-order valence-corrected chi connectivity index (χ1v) is 7.79. The Hall–Kier alpha value is -2.88. The average Bonchev–Trinajstić information content (AvgIpc) is 2.61. The number of hydrogen-bond donors (Lipinski definition) is 0. The Kier molecular flexibility index (Phi) is 4.47. The molecule has 1 saturated heterocycles. The van der Waals surface area contributed by atoms with Crippen LogP contribution in [0.15, 0.2) is 30.3 Å². The first kappa shape index (κ1) is 16.0. The van der Waals surface area contributed by atoms with Crippen molar-refractivity contribution >= 4 is 17.3 Å². The minimum absolute atomic E-state index is 0.349. The molecule has 124 valence electrons. The maximum atomic E-state index is 14.1. The van der Waals surface area contributed by atoms with Crippen LogP contribution >= 0.6 is 0 Å². The Morgan fingerprint density at radius 2 is 1.75 bits per heavy atom. The molecule has 2 heterocycles. The zero-order chi connectivity index (χ0) is 17.1. The predicted octanol–water partition coefficient (Wildman–Crippen LogP) is 1.88. The molecule has 0 bridgehead atoms. The van der Waals surface area contributed by atoms with Crippen molar-refractivity contribution in [2.24, 2.45) is 0 Å². The van der Waals surface area contributed by atoms with E-state index in [1.54, 1.807) is 12.1 Å². The van der Waals surface area contributed by atoms with Crippen molar-refractivity contribution in [2.45, 2.75) is 0 Å². The van der Waals surface area contributed by atoms with Crippen LogP contribution in [0.3, 0.4) is 0 Å². The molecule has 1 aliphatic rings. The minimum Gasteiger partial charge on any atom is -0.365 e. The van der Waals surface area contributed by atoms with Gasteiger partial charge in [-0.2, -0.15) is 5.26 Å². The number of halogens is 1. The van der Waals surface area contributed by atoms with E-state index in [2.05, 4.69) is 21.2 Å². The van der Waals surface area contributed by atoms with Crippen molar-refractivity contribution < 1.29 is 4.39 Å². The number of nitriles is 1. The summed E-state index contributed by atoms with van der Waals surface area (Å²) in [6.45, 7) is 2.67. The lowest BCUT2D eigenvalue weighted by Crippen LogP contribution is -2.47. The number of rotatable bonds is 3. The zero-order valence-electron chi connectivity index (χ0n) is 13.8. The number of anilines is 3. The molecule has 0 amide bonds. The Balaban J connectivity index is 1.71. The van der Waals surface area contributed by atoms with Crippen LogP contribution in [-0.4, -0.2) is 50.5 Å². The lowest BCUT2D eigenvalue weighted by molar-refractivity contribution is 0.594. The second-order valence-electron chi connectivity index (χ2n) is 5.87. The smallest absolute Gasteiger partial charge is 0.151 e. The number of hydrogen-bond acceptors (Lipinski definition) is 6. The summed E-state index contributed by atoms with van der Waals surface area (Å²) < 4.78 is 14.1. The second-order valence-corrected chi connectivity index (χ2v) is 5.87. The third-order valence-electron chi connectivity index (χ3n) is 4.12. The molecule has 1 fully saturated rings. The van der Waals surface area contributed by atoms with Gasteiger partial charge in [0, 0.05) is 40.3 Å². The third kappa shape index (κ3) is 3.08. The van der Waals surface area contributed by atoms with E-state index in [4.69, 9.17) is 0 Å². The lowest BCUT2D eigenvalue weighted by atomic mass is 10.1. The molecule has 0 unspecified atom stereocenters. The van der Waals surface area contributed by atoms with Crippen LogP contribution in [0.4, 0.5) is 21.7 Å². The van der Waals surface area contributed by atoms with Gasteiger partial charge in [-0.1, -0.05) is 6.07 Å². The first-order valence-electron chi connectivity index (χ1n) is 7.79. The van der Waals surface area contributed by atoms with Gasteiger partial charge >= 0.3 is 0 Å². The highest BCUT2D eigenvalue weighted by Gasteiger charge is 2.22. The van der Waals surface area contributed by atoms with Crippen LogP contribution in [0.25, 0.3) is 0 Å². The molecule has 7 heteroatoms. The molecule has 1 aliphatic heterocycles. The summed E-state index contributed by atoms with van der Waals surface area (Å²) in [5.41, 5.74) is 0.771. The van der Waals surface area contributed by atoms with Crippen molar-refractivity contribution in [1.29, 1.82) is 5.26 Å². The number of para-hydroxylation sites is 1. The van der Waals surface area contributed by atoms with Crippen molar-refractivity contribution in [2.75, 3.05) is 55.0 Å². The van der Waals surface area contributed by atoms with E-state index in [9.17, 15) is 9.65 Å². The van der Waals surface area contributed by atoms with E-state index >= 15 is 0 Å². The van der Waals surface area contributed by atoms with Crippen LogP contribution in [0.1, 0.15) is 5.56 Å². The Morgan fingerprint density at radius 3 is 2.33 bits per heavy atom. The van der Waals surface area contributed by atoms with E-state index in [1.165, 1.54) is 6.07 Å². The predicted molar refractivity (Wildman–Crippen MR) is 91.9 cm³/mol. The summed E-state index contributed by atoms with van der Waals surface area (Å²) in [7, 11) is 3.84. The summed E-state index contributed by atoms with van der Waals surface area (Å²) in [4.78, 5) is 5.94. The van der Waals surface area contributed by atoms with Gasteiger partial charge in [0.05, 0.1) is 11.3 Å². The molecule has 1 aromatic carbocycles. The van der Waals surface area contributed by atoms with Gasteiger partial charge in [-0.3, -0.25) is 0 Å². The van der Waals surface area contributed by atoms with Crippen LogP contribution in [0, 0.1) is 17.1 Å². The van der Waals surface area contributed by atoms with Crippen LogP contribution in [0.2, 0.25) is 0 Å². The summed E-state index contributed by atoms with van der Waals surface area (Å²) in [6, 6.07) is 10.6. The van der Waals surface area contributed by atoms with Gasteiger partial charge in [-0.05, 0) is 24.3 Å². The van der Waals surface area contributed by atoms with Crippen molar-refractivity contribution in [3.63, 3.8) is 0 Å². The first-order chi connectivity index (χ1) is 11.6. The normalized spacial score (nSPS) is 14.4. The average molecular weight is 326 g/mol. The summed E-state index contributed by atoms with van der Waals surface area (Å²) in [6.07, 6.45) is 0. The van der Waals surface area contributed by atoms with Gasteiger partial charge < -0.3 is 14.7 Å². The molecule has 24 heavy (non-hydrogen) atoms. The number of aromatic nitrogens is 2. The van der Waals surface area contributed by atoms with Crippen molar-refractivity contribution in [3.05, 3.63) is 41.7 Å². The van der Waals surface area contributed by atoms with E-state index in [0.717, 1.165) is 11.6 Å². The highest BCUT2D eigenvalue weighted by atomic mass is 19.1. The molecule has 0 radical (unpaired) electrons. The van der Waals surface area contributed by atoms with Crippen LogP contribution < -0.4 is 14.7 Å². The maximum absolute atomic E-state index is 14.1. The van der Waals surface area contributed by atoms with Gasteiger partial charge in [0.15, 0.2) is 11.6 Å². The number of benzene rings is 1. The van der Waals surface area contributed by atoms with Gasteiger partial charge in [-0.15, -0.1) is 10.2 Å². The SMILES string of the molecule is CN(C)c1ccc(N2CCN(c3c(F)cccc3C#N)CC2)nn1. The molecule has 0 aliphatic carbocycles. The third-order valence-corrected chi connectivity index (χ3v) is 4.12. The molecule has 3 rings (SSSR count). The largest absolute Gasteiger partial charge is 0.365 e. The molecule has 6 nitrogen and oxygen atoms in total. The lowest BCUT2D eigenvalue weighted by Gasteiger charge is -2.37. The Morgan fingerprint density at radius 1 is 1.04 bits per heavy atom. The fourth-order valence-corrected chi connectivity index (χ4v) is 2.81. The van der Waals surface area contributed by atoms with Crippen molar-refractivity contribution in [3.8, 4) is 6.07 Å². The molecule has 0 spiro atoms. The molecular formula is C17H19FN6. The second kappa shape index (κ2) is 6.71. The van der Waals surface area contributed by atoms with E-state index < -0.39 is 0 Å². The Labute approximate surface area is 140 Å². The highest BCUT2D eigenvalue weighted by Crippen LogP contribution is 2.26. The maximum Gasteiger partial charge on any atom is 0.151 e. The molecular weight excluding hydrogens is 307 g/mol.